The lowest BCUT2D eigenvalue weighted by Gasteiger charge is -2.35. The Bertz CT molecular complexity index is 741. The van der Waals surface area contributed by atoms with Crippen molar-refractivity contribution in [1.82, 2.24) is 0 Å². The Hall–Kier alpha value is -2.31. The van der Waals surface area contributed by atoms with Gasteiger partial charge >= 0.3 is 0 Å². The first kappa shape index (κ1) is 19.0. The maximum atomic E-state index is 14.6. The summed E-state index contributed by atoms with van der Waals surface area (Å²) in [7, 11) is 3.72. The number of halogens is 2. The van der Waals surface area contributed by atoms with Gasteiger partial charge in [-0.25, -0.2) is 4.39 Å². The molecule has 1 aromatic rings. The Morgan fingerprint density at radius 2 is 1.88 bits per heavy atom. The summed E-state index contributed by atoms with van der Waals surface area (Å²) >= 11 is 6.10. The zero-order valence-corrected chi connectivity index (χ0v) is 14.7. The van der Waals surface area contributed by atoms with Crippen molar-refractivity contribution in [2.45, 2.75) is 11.2 Å². The average molecular weight is 369 g/mol. The minimum atomic E-state index is -2.20. The van der Waals surface area contributed by atoms with Crippen LogP contribution in [0.1, 0.15) is 5.56 Å². The summed E-state index contributed by atoms with van der Waals surface area (Å²) in [5.74, 6) is -1.26. The number of allylic oxidation sites excluding steroid dienone is 3. The highest BCUT2D eigenvalue weighted by atomic mass is 35.5. The van der Waals surface area contributed by atoms with E-state index in [9.17, 15) is 14.3 Å². The highest BCUT2D eigenvalue weighted by molar-refractivity contribution is 6.29. The average Bonchev–Trinajstić information content (AvgIpc) is 2.65. The molecule has 0 bridgehead atoms. The molecule has 1 N–H and O–H groups in total. The fourth-order valence-electron chi connectivity index (χ4n) is 2.47. The standard InChI is InChI=1S/C18H18ClFO5/c1-23-15-12(9-10-13(21)11-7-5-4-6-8-11)14(22)16(20)18(19,25-3)17(15)24-2/h4-10,16,21H,1-3H3. The summed E-state index contributed by atoms with van der Waals surface area (Å²) in [6.45, 7) is 0. The van der Waals surface area contributed by atoms with Crippen LogP contribution in [-0.4, -0.2) is 43.5 Å². The summed E-state index contributed by atoms with van der Waals surface area (Å²) in [6.07, 6.45) is 0.322. The molecule has 0 fully saturated rings. The monoisotopic (exact) mass is 368 g/mol. The fraction of sp³-hybridized carbons (Fsp3) is 0.278. The van der Waals surface area contributed by atoms with Crippen LogP contribution in [0.5, 0.6) is 0 Å². The van der Waals surface area contributed by atoms with Gasteiger partial charge in [0.1, 0.15) is 5.76 Å². The van der Waals surface area contributed by atoms with Crippen LogP contribution in [0.25, 0.3) is 5.76 Å². The third kappa shape index (κ3) is 3.41. The van der Waals surface area contributed by atoms with E-state index in [2.05, 4.69) is 0 Å². The van der Waals surface area contributed by atoms with Gasteiger partial charge in [-0.1, -0.05) is 41.9 Å². The molecule has 0 saturated carbocycles. The van der Waals surface area contributed by atoms with Gasteiger partial charge in [0.2, 0.25) is 17.0 Å². The number of Topliss-reactive ketones (excluding diaryl/α,β-unsaturated/α-hetero) is 1. The van der Waals surface area contributed by atoms with Gasteiger partial charge < -0.3 is 19.3 Å². The number of carbonyl (C=O) groups is 1. The van der Waals surface area contributed by atoms with Crippen LogP contribution in [0.4, 0.5) is 4.39 Å². The molecule has 2 rings (SSSR count). The summed E-state index contributed by atoms with van der Waals surface area (Å²) in [4.78, 5) is 12.4. The number of carbonyl (C=O) groups excluding carboxylic acids is 1. The summed E-state index contributed by atoms with van der Waals surface area (Å²) in [6, 6.07) is 8.68. The number of methoxy groups -OCH3 is 3. The molecule has 0 aromatic heterocycles. The van der Waals surface area contributed by atoms with Crippen molar-refractivity contribution in [3.63, 3.8) is 0 Å². The number of hydrogen-bond acceptors (Lipinski definition) is 5. The number of ketones is 1. The molecule has 0 amide bonds. The molecule has 0 spiro atoms. The second-order valence-electron chi connectivity index (χ2n) is 5.14. The first-order valence-corrected chi connectivity index (χ1v) is 7.70. The molecule has 0 aliphatic heterocycles. The van der Waals surface area contributed by atoms with Crippen molar-refractivity contribution in [3.05, 3.63) is 65.1 Å². The second-order valence-corrected chi connectivity index (χ2v) is 5.70. The van der Waals surface area contributed by atoms with Crippen LogP contribution in [-0.2, 0) is 19.0 Å². The molecule has 25 heavy (non-hydrogen) atoms. The smallest absolute Gasteiger partial charge is 0.241 e. The number of alkyl halides is 2. The van der Waals surface area contributed by atoms with Crippen LogP contribution in [0.3, 0.4) is 0 Å². The summed E-state index contributed by atoms with van der Waals surface area (Å²) < 4.78 is 29.8. The quantitative estimate of drug-likeness (QED) is 0.489. The Kier molecular flexibility index (Phi) is 5.87. The summed E-state index contributed by atoms with van der Waals surface area (Å²) in [5.41, 5.74) is 0.417. The van der Waals surface area contributed by atoms with Crippen LogP contribution < -0.4 is 0 Å². The van der Waals surface area contributed by atoms with Crippen molar-refractivity contribution in [1.29, 1.82) is 0 Å². The minimum absolute atomic E-state index is 0.0599. The Morgan fingerprint density at radius 1 is 1.24 bits per heavy atom. The number of aliphatic hydroxyl groups excluding tert-OH is 1. The number of benzene rings is 1. The van der Waals surface area contributed by atoms with E-state index in [1.807, 2.05) is 0 Å². The lowest BCUT2D eigenvalue weighted by Crippen LogP contribution is -2.48. The van der Waals surface area contributed by atoms with Crippen molar-refractivity contribution < 1.29 is 28.5 Å². The first-order valence-electron chi connectivity index (χ1n) is 7.32. The molecule has 134 valence electrons. The normalized spacial score (nSPS) is 26.1. The van der Waals surface area contributed by atoms with E-state index in [0.717, 1.165) is 7.11 Å². The van der Waals surface area contributed by atoms with Crippen molar-refractivity contribution >= 4 is 23.1 Å². The zero-order chi connectivity index (χ0) is 18.6. The van der Waals surface area contributed by atoms with Gasteiger partial charge in [0.05, 0.1) is 19.8 Å². The maximum Gasteiger partial charge on any atom is 0.241 e. The number of hydrogen-bond donors (Lipinski definition) is 1. The molecule has 1 aromatic carbocycles. The van der Waals surface area contributed by atoms with Crippen molar-refractivity contribution in [2.24, 2.45) is 0 Å². The first-order chi connectivity index (χ1) is 11.9. The van der Waals surface area contributed by atoms with E-state index in [1.165, 1.54) is 26.4 Å². The van der Waals surface area contributed by atoms with Gasteiger partial charge in [0.15, 0.2) is 11.5 Å². The van der Waals surface area contributed by atoms with Crippen LogP contribution in [0.2, 0.25) is 0 Å². The molecule has 7 heteroatoms. The van der Waals surface area contributed by atoms with Crippen LogP contribution >= 0.6 is 11.6 Å². The maximum absolute atomic E-state index is 14.6. The lowest BCUT2D eigenvalue weighted by molar-refractivity contribution is -0.129. The Labute approximate surface area is 150 Å². The topological polar surface area (TPSA) is 65.0 Å². The molecule has 0 saturated heterocycles. The van der Waals surface area contributed by atoms with Gasteiger partial charge in [0.25, 0.3) is 0 Å². The van der Waals surface area contributed by atoms with Gasteiger partial charge in [0, 0.05) is 12.7 Å². The molecule has 1 aliphatic rings. The van der Waals surface area contributed by atoms with Gasteiger partial charge in [-0.3, -0.25) is 4.79 Å². The third-order valence-electron chi connectivity index (χ3n) is 3.76. The molecule has 0 radical (unpaired) electrons. The molecule has 2 atom stereocenters. The SMILES string of the molecule is COC1=C(OC)C(Cl)(OC)C(F)C(=O)C1=CC=C(O)c1ccccc1. The second kappa shape index (κ2) is 7.72. The highest BCUT2D eigenvalue weighted by Crippen LogP contribution is 2.42. The predicted molar refractivity (Wildman–Crippen MR) is 91.7 cm³/mol. The Morgan fingerprint density at radius 3 is 2.40 bits per heavy atom. The van der Waals surface area contributed by atoms with E-state index in [1.54, 1.807) is 30.3 Å². The largest absolute Gasteiger partial charge is 0.507 e. The molecule has 0 heterocycles. The van der Waals surface area contributed by atoms with E-state index in [4.69, 9.17) is 25.8 Å². The third-order valence-corrected chi connectivity index (χ3v) is 4.28. The van der Waals surface area contributed by atoms with E-state index in [0.29, 0.717) is 5.56 Å². The van der Waals surface area contributed by atoms with E-state index in [-0.39, 0.29) is 22.9 Å². The van der Waals surface area contributed by atoms with Gasteiger partial charge in [-0.05, 0) is 12.2 Å². The fourth-order valence-corrected chi connectivity index (χ4v) is 2.73. The van der Waals surface area contributed by atoms with E-state index >= 15 is 0 Å². The predicted octanol–water partition coefficient (Wildman–Crippen LogP) is 3.52. The van der Waals surface area contributed by atoms with Crippen molar-refractivity contribution in [2.75, 3.05) is 21.3 Å². The molecular formula is C18H18ClFO5. The van der Waals surface area contributed by atoms with Crippen LogP contribution in [0.15, 0.2) is 59.6 Å². The molecule has 1 aliphatic carbocycles. The van der Waals surface area contributed by atoms with Gasteiger partial charge in [-0.15, -0.1) is 0 Å². The van der Waals surface area contributed by atoms with Crippen LogP contribution in [0, 0.1) is 0 Å². The number of ether oxygens (including phenoxy) is 3. The molecule has 5 nitrogen and oxygen atoms in total. The number of aliphatic hydroxyl groups is 1. The summed E-state index contributed by atoms with van der Waals surface area (Å²) in [5, 5.41) is 8.00. The zero-order valence-electron chi connectivity index (χ0n) is 14.0. The minimum Gasteiger partial charge on any atom is -0.507 e. The lowest BCUT2D eigenvalue weighted by atomic mass is 9.91. The highest BCUT2D eigenvalue weighted by Gasteiger charge is 2.54. The van der Waals surface area contributed by atoms with Gasteiger partial charge in [-0.2, -0.15) is 0 Å². The van der Waals surface area contributed by atoms with E-state index < -0.39 is 17.0 Å². The number of rotatable bonds is 5. The molecular weight excluding hydrogens is 351 g/mol. The Balaban J connectivity index is 2.55. The molecule has 2 unspecified atom stereocenters. The van der Waals surface area contributed by atoms with Crippen molar-refractivity contribution in [3.8, 4) is 0 Å².